The number of primary amides is 1. The monoisotopic (exact) mass is 470 g/mol. The number of aliphatic carboxylic acids is 1. The van der Waals surface area contributed by atoms with Crippen LogP contribution in [0.3, 0.4) is 0 Å². The van der Waals surface area contributed by atoms with E-state index in [9.17, 15) is 19.5 Å². The molecule has 3 aromatic carbocycles. The largest absolute Gasteiger partial charge is 0.497 e. The van der Waals surface area contributed by atoms with Crippen LogP contribution >= 0.6 is 0 Å². The Morgan fingerprint density at radius 3 is 2.26 bits per heavy atom. The van der Waals surface area contributed by atoms with Crippen LogP contribution in [-0.4, -0.2) is 40.9 Å². The molecule has 2 amide bonds. The number of amides is 2. The smallest absolute Gasteiger partial charge is 0.326 e. The van der Waals surface area contributed by atoms with Crippen molar-refractivity contribution >= 4 is 17.8 Å². The Kier molecular flexibility index (Phi) is 8.63. The van der Waals surface area contributed by atoms with E-state index in [-0.39, 0.29) is 19.4 Å². The van der Waals surface area contributed by atoms with Crippen LogP contribution in [0, 0.1) is 11.8 Å². The molecule has 35 heavy (non-hydrogen) atoms. The van der Waals surface area contributed by atoms with Crippen LogP contribution in [0.25, 0.3) is 0 Å². The number of carboxylic acid groups (broad SMARTS) is 1. The Labute approximate surface area is 204 Å². The fourth-order valence-corrected chi connectivity index (χ4v) is 3.50. The van der Waals surface area contributed by atoms with Gasteiger partial charge >= 0.3 is 5.97 Å². The summed E-state index contributed by atoms with van der Waals surface area (Å²) in [6.07, 6.45) is -0.221. The summed E-state index contributed by atoms with van der Waals surface area (Å²) >= 11 is 0. The molecule has 3 N–H and O–H groups in total. The first-order chi connectivity index (χ1) is 16.9. The third-order valence-electron chi connectivity index (χ3n) is 5.33. The van der Waals surface area contributed by atoms with Crippen molar-refractivity contribution in [1.29, 1.82) is 0 Å². The zero-order valence-corrected chi connectivity index (χ0v) is 19.3. The molecule has 0 aliphatic heterocycles. The zero-order chi connectivity index (χ0) is 25.2. The van der Waals surface area contributed by atoms with E-state index >= 15 is 0 Å². The van der Waals surface area contributed by atoms with Gasteiger partial charge in [-0.05, 0) is 54.4 Å². The van der Waals surface area contributed by atoms with Crippen LogP contribution < -0.4 is 10.5 Å². The van der Waals surface area contributed by atoms with Gasteiger partial charge in [-0.15, -0.1) is 0 Å². The number of hydrogen-bond acceptors (Lipinski definition) is 4. The van der Waals surface area contributed by atoms with Crippen molar-refractivity contribution in [2.45, 2.75) is 25.4 Å². The second-order valence-electron chi connectivity index (χ2n) is 7.84. The highest BCUT2D eigenvalue weighted by Crippen LogP contribution is 2.18. The third-order valence-corrected chi connectivity index (χ3v) is 5.33. The van der Waals surface area contributed by atoms with Crippen molar-refractivity contribution < 1.29 is 24.2 Å². The van der Waals surface area contributed by atoms with Crippen molar-refractivity contribution in [2.24, 2.45) is 5.73 Å². The van der Waals surface area contributed by atoms with Crippen LogP contribution in [-0.2, 0) is 16.1 Å². The molecule has 0 heterocycles. The van der Waals surface area contributed by atoms with Gasteiger partial charge in [0.2, 0.25) is 5.91 Å². The summed E-state index contributed by atoms with van der Waals surface area (Å²) in [7, 11) is 1.59. The predicted octanol–water partition coefficient (Wildman–Crippen LogP) is 3.46. The molecule has 3 rings (SSSR count). The van der Waals surface area contributed by atoms with Crippen molar-refractivity contribution in [2.75, 3.05) is 7.11 Å². The predicted molar refractivity (Wildman–Crippen MR) is 132 cm³/mol. The van der Waals surface area contributed by atoms with Gasteiger partial charge in [0, 0.05) is 29.7 Å². The molecule has 0 fully saturated rings. The van der Waals surface area contributed by atoms with Crippen LogP contribution in [0.2, 0.25) is 0 Å². The van der Waals surface area contributed by atoms with Crippen molar-refractivity contribution in [3.8, 4) is 17.6 Å². The van der Waals surface area contributed by atoms with Crippen LogP contribution in [0.5, 0.6) is 5.75 Å². The average molecular weight is 471 g/mol. The first-order valence-electron chi connectivity index (χ1n) is 11.0. The first kappa shape index (κ1) is 25.1. The highest BCUT2D eigenvalue weighted by Gasteiger charge is 2.30. The fraction of sp³-hybridized carbons (Fsp3) is 0.179. The molecule has 7 nitrogen and oxygen atoms in total. The SMILES string of the molecule is COc1cccc(C#Cc2ccc(C(=O)N(Cc3ccccc3)[C@@H](CCC(N)=O)C(=O)O)cc2)c1. The maximum atomic E-state index is 13.4. The lowest BCUT2D eigenvalue weighted by Crippen LogP contribution is -2.45. The number of benzene rings is 3. The molecule has 0 bridgehead atoms. The highest BCUT2D eigenvalue weighted by atomic mass is 16.5. The highest BCUT2D eigenvalue weighted by molar-refractivity contribution is 5.96. The summed E-state index contributed by atoms with van der Waals surface area (Å²) in [6.45, 7) is 0.0762. The van der Waals surface area contributed by atoms with E-state index in [1.807, 2.05) is 54.6 Å². The van der Waals surface area contributed by atoms with E-state index in [1.54, 1.807) is 31.4 Å². The van der Waals surface area contributed by atoms with Gasteiger partial charge in [0.15, 0.2) is 0 Å². The molecule has 3 aromatic rings. The van der Waals surface area contributed by atoms with Crippen molar-refractivity contribution in [1.82, 2.24) is 4.90 Å². The minimum Gasteiger partial charge on any atom is -0.497 e. The van der Waals surface area contributed by atoms with E-state index in [0.29, 0.717) is 16.9 Å². The van der Waals surface area contributed by atoms with Gasteiger partial charge in [-0.25, -0.2) is 4.79 Å². The van der Waals surface area contributed by atoms with Gasteiger partial charge in [0.1, 0.15) is 11.8 Å². The summed E-state index contributed by atoms with van der Waals surface area (Å²) in [5, 5.41) is 9.82. The van der Waals surface area contributed by atoms with Crippen molar-refractivity contribution in [3.05, 3.63) is 101 Å². The summed E-state index contributed by atoms with van der Waals surface area (Å²) in [5.74, 6) is 4.53. The lowest BCUT2D eigenvalue weighted by Gasteiger charge is -2.29. The number of rotatable bonds is 9. The normalized spacial score (nSPS) is 11.0. The molecule has 7 heteroatoms. The first-order valence-corrected chi connectivity index (χ1v) is 11.0. The minimum absolute atomic E-state index is 0.0761. The zero-order valence-electron chi connectivity index (χ0n) is 19.3. The Morgan fingerprint density at radius 2 is 1.63 bits per heavy atom. The lowest BCUT2D eigenvalue weighted by molar-refractivity contribution is -0.143. The second-order valence-corrected chi connectivity index (χ2v) is 7.84. The maximum absolute atomic E-state index is 13.4. The number of nitrogens with zero attached hydrogens (tertiary/aromatic N) is 1. The molecule has 1 atom stereocenters. The van der Waals surface area contributed by atoms with Crippen LogP contribution in [0.1, 0.15) is 39.9 Å². The molecule has 0 saturated carbocycles. The maximum Gasteiger partial charge on any atom is 0.326 e. The molecule has 0 radical (unpaired) electrons. The molecular formula is C28H26N2O5. The van der Waals surface area contributed by atoms with Gasteiger partial charge in [-0.2, -0.15) is 0 Å². The number of carboxylic acids is 1. The standard InChI is InChI=1S/C28H26N2O5/c1-35-24-9-5-8-21(18-24)11-10-20-12-14-23(15-13-20)27(32)30(19-22-6-3-2-4-7-22)25(28(33)34)16-17-26(29)31/h2-9,12-15,18,25H,16-17,19H2,1H3,(H2,29,31)(H,33,34)/t25-/m0/s1. The van der Waals surface area contributed by atoms with E-state index in [2.05, 4.69) is 11.8 Å². The van der Waals surface area contributed by atoms with Crippen LogP contribution in [0.15, 0.2) is 78.9 Å². The molecule has 0 aliphatic carbocycles. The summed E-state index contributed by atoms with van der Waals surface area (Å²) in [4.78, 5) is 38.0. The van der Waals surface area contributed by atoms with Gasteiger partial charge < -0.3 is 20.5 Å². The second kappa shape index (κ2) is 12.1. The quantitative estimate of drug-likeness (QED) is 0.466. The lowest BCUT2D eigenvalue weighted by atomic mass is 10.0. The molecular weight excluding hydrogens is 444 g/mol. The number of nitrogens with two attached hydrogens (primary N) is 1. The molecule has 0 aromatic heterocycles. The van der Waals surface area contributed by atoms with Gasteiger partial charge in [-0.1, -0.05) is 48.2 Å². The van der Waals surface area contributed by atoms with Crippen molar-refractivity contribution in [3.63, 3.8) is 0 Å². The van der Waals surface area contributed by atoms with E-state index in [0.717, 1.165) is 11.1 Å². The van der Waals surface area contributed by atoms with E-state index in [4.69, 9.17) is 10.5 Å². The van der Waals surface area contributed by atoms with Gasteiger partial charge in [0.25, 0.3) is 5.91 Å². The molecule has 178 valence electrons. The molecule has 0 spiro atoms. The summed E-state index contributed by atoms with van der Waals surface area (Å²) in [6, 6.07) is 21.9. The number of ether oxygens (including phenoxy) is 1. The Balaban J connectivity index is 1.85. The van der Waals surface area contributed by atoms with Crippen LogP contribution in [0.4, 0.5) is 0 Å². The molecule has 0 saturated heterocycles. The van der Waals surface area contributed by atoms with E-state index < -0.39 is 23.8 Å². The Bertz CT molecular complexity index is 1240. The topological polar surface area (TPSA) is 110 Å². The number of carbonyl (C=O) groups excluding carboxylic acids is 2. The van der Waals surface area contributed by atoms with Gasteiger partial charge in [0.05, 0.1) is 7.11 Å². The summed E-state index contributed by atoms with van der Waals surface area (Å²) in [5.41, 5.74) is 7.80. The number of methoxy groups -OCH3 is 1. The van der Waals surface area contributed by atoms with E-state index in [1.165, 1.54) is 4.90 Å². The molecule has 0 aliphatic rings. The minimum atomic E-state index is -1.21. The fourth-order valence-electron chi connectivity index (χ4n) is 3.50. The number of carbonyl (C=O) groups is 3. The van der Waals surface area contributed by atoms with Gasteiger partial charge in [-0.3, -0.25) is 9.59 Å². The Morgan fingerprint density at radius 1 is 0.943 bits per heavy atom. The summed E-state index contributed by atoms with van der Waals surface area (Å²) < 4.78 is 5.20. The average Bonchev–Trinajstić information content (AvgIpc) is 2.87. The third kappa shape index (κ3) is 7.21. The number of hydrogen-bond donors (Lipinski definition) is 2. The molecule has 0 unspecified atom stereocenters. The Hall–Kier alpha value is -4.57.